The van der Waals surface area contributed by atoms with Crippen LogP contribution in [0.3, 0.4) is 0 Å². The Balaban J connectivity index is 1.87. The number of aryl methyl sites for hydroxylation is 1. The minimum absolute atomic E-state index is 0.0687. The van der Waals surface area contributed by atoms with E-state index in [1.165, 1.54) is 5.56 Å². The van der Waals surface area contributed by atoms with Crippen molar-refractivity contribution in [3.63, 3.8) is 0 Å². The molecule has 1 aliphatic carbocycles. The smallest absolute Gasteiger partial charge is 0.139 e. The Labute approximate surface area is 126 Å². The highest BCUT2D eigenvalue weighted by molar-refractivity contribution is 5.84. The average molecular weight is 288 g/mol. The predicted octanol–water partition coefficient (Wildman–Crippen LogP) is 3.43. The van der Waals surface area contributed by atoms with Gasteiger partial charge in [0.2, 0.25) is 0 Å². The molecule has 0 radical (unpaired) electrons. The molecular weight excluding hydrogens is 264 g/mol. The topological polar surface area (TPSA) is 57.5 Å². The lowest BCUT2D eigenvalue weighted by Gasteiger charge is -2.19. The number of carbonyl (C=O) groups is 1. The molecule has 0 spiro atoms. The monoisotopic (exact) mass is 288 g/mol. The maximum atomic E-state index is 11.7. The summed E-state index contributed by atoms with van der Waals surface area (Å²) in [6.07, 6.45) is 4.56. The lowest BCUT2D eigenvalue weighted by molar-refractivity contribution is -0.121. The zero-order valence-electron chi connectivity index (χ0n) is 12.5. The first-order chi connectivity index (χ1) is 10.1. The Morgan fingerprint density at radius 1 is 1.33 bits per heavy atom. The fourth-order valence-corrected chi connectivity index (χ4v) is 3.17. The van der Waals surface area contributed by atoms with Crippen molar-refractivity contribution in [2.24, 2.45) is 11.8 Å². The van der Waals surface area contributed by atoms with Crippen LogP contribution in [0.25, 0.3) is 0 Å². The number of hydrogen-bond donors (Lipinski definition) is 2. The Kier molecular flexibility index (Phi) is 5.57. The standard InChI is InChI=1S/C18H24O3/c1-2-14-16(20)12-17(21)18(14)15(19)11-7-6-10-13-8-4-3-5-9-13/h3-5,8-9,11,14,17-19,21H,2,6-7,10,12H2,1H3/t14-,17+,18-/m0/s1. The van der Waals surface area contributed by atoms with Crippen LogP contribution in [0.15, 0.2) is 42.2 Å². The van der Waals surface area contributed by atoms with E-state index in [9.17, 15) is 15.0 Å². The first-order valence-corrected chi connectivity index (χ1v) is 7.77. The molecule has 1 aromatic rings. The number of carbonyl (C=O) groups excluding carboxylic acids is 1. The van der Waals surface area contributed by atoms with Gasteiger partial charge < -0.3 is 10.2 Å². The fourth-order valence-electron chi connectivity index (χ4n) is 3.17. The van der Waals surface area contributed by atoms with E-state index in [2.05, 4.69) is 12.1 Å². The Morgan fingerprint density at radius 3 is 2.71 bits per heavy atom. The minimum atomic E-state index is -0.729. The SMILES string of the molecule is CC[C@H]1C(=O)C[C@@H](O)[C@@H]1C(O)=CCCCc1ccccc1. The number of aliphatic hydroxyl groups excluding tert-OH is 2. The molecule has 3 atom stereocenters. The molecule has 0 amide bonds. The number of unbranched alkanes of at least 4 members (excludes halogenated alkanes) is 1. The number of rotatable bonds is 6. The van der Waals surface area contributed by atoms with E-state index in [1.807, 2.05) is 25.1 Å². The van der Waals surface area contributed by atoms with Crippen molar-refractivity contribution in [3.8, 4) is 0 Å². The van der Waals surface area contributed by atoms with Crippen LogP contribution in [-0.2, 0) is 11.2 Å². The molecular formula is C18H24O3. The molecule has 0 heterocycles. The molecule has 3 nitrogen and oxygen atoms in total. The van der Waals surface area contributed by atoms with E-state index in [0.29, 0.717) is 6.42 Å². The van der Waals surface area contributed by atoms with Crippen molar-refractivity contribution in [2.75, 3.05) is 0 Å². The van der Waals surface area contributed by atoms with Gasteiger partial charge in [-0.3, -0.25) is 4.79 Å². The van der Waals surface area contributed by atoms with Crippen LogP contribution < -0.4 is 0 Å². The van der Waals surface area contributed by atoms with Gasteiger partial charge in [-0.15, -0.1) is 0 Å². The molecule has 1 fully saturated rings. The third kappa shape index (κ3) is 3.94. The normalized spacial score (nSPS) is 26.3. The Morgan fingerprint density at radius 2 is 2.05 bits per heavy atom. The molecule has 2 N–H and O–H groups in total. The third-order valence-corrected chi connectivity index (χ3v) is 4.32. The quantitative estimate of drug-likeness (QED) is 0.623. The maximum absolute atomic E-state index is 11.7. The highest BCUT2D eigenvalue weighted by Gasteiger charge is 2.42. The van der Waals surface area contributed by atoms with Gasteiger partial charge in [0.1, 0.15) is 5.78 Å². The van der Waals surface area contributed by atoms with E-state index < -0.39 is 12.0 Å². The average Bonchev–Trinajstić information content (AvgIpc) is 2.78. The first kappa shape index (κ1) is 15.8. The van der Waals surface area contributed by atoms with Crippen molar-refractivity contribution < 1.29 is 15.0 Å². The molecule has 1 aromatic carbocycles. The third-order valence-electron chi connectivity index (χ3n) is 4.32. The Bertz CT molecular complexity index is 492. The number of ketones is 1. The number of benzene rings is 1. The summed E-state index contributed by atoms with van der Waals surface area (Å²) in [7, 11) is 0. The van der Waals surface area contributed by atoms with Gasteiger partial charge in [-0.2, -0.15) is 0 Å². The maximum Gasteiger partial charge on any atom is 0.139 e. The van der Waals surface area contributed by atoms with Gasteiger partial charge in [0.15, 0.2) is 0 Å². The van der Waals surface area contributed by atoms with E-state index in [0.717, 1.165) is 19.3 Å². The molecule has 0 aliphatic heterocycles. The van der Waals surface area contributed by atoms with Crippen LogP contribution in [0, 0.1) is 11.8 Å². The van der Waals surface area contributed by atoms with Gasteiger partial charge in [-0.1, -0.05) is 37.3 Å². The minimum Gasteiger partial charge on any atom is -0.512 e. The van der Waals surface area contributed by atoms with Gasteiger partial charge in [0.25, 0.3) is 0 Å². The Hall–Kier alpha value is -1.61. The zero-order chi connectivity index (χ0) is 15.2. The van der Waals surface area contributed by atoms with Crippen molar-refractivity contribution in [1.82, 2.24) is 0 Å². The van der Waals surface area contributed by atoms with Crippen molar-refractivity contribution >= 4 is 5.78 Å². The largest absolute Gasteiger partial charge is 0.512 e. The van der Waals surface area contributed by atoms with Crippen molar-refractivity contribution in [3.05, 3.63) is 47.7 Å². The molecule has 0 aromatic heterocycles. The lowest BCUT2D eigenvalue weighted by Crippen LogP contribution is -2.22. The molecule has 1 saturated carbocycles. The highest BCUT2D eigenvalue weighted by atomic mass is 16.3. The van der Waals surface area contributed by atoms with Gasteiger partial charge >= 0.3 is 0 Å². The van der Waals surface area contributed by atoms with E-state index in [1.54, 1.807) is 6.08 Å². The van der Waals surface area contributed by atoms with Gasteiger partial charge in [-0.05, 0) is 37.3 Å². The van der Waals surface area contributed by atoms with Crippen LogP contribution in [0.4, 0.5) is 0 Å². The summed E-state index contributed by atoms with van der Waals surface area (Å²) in [5.41, 5.74) is 1.29. The van der Waals surface area contributed by atoms with Crippen LogP contribution >= 0.6 is 0 Å². The molecule has 114 valence electrons. The second kappa shape index (κ2) is 7.41. The predicted molar refractivity (Wildman–Crippen MR) is 83.0 cm³/mol. The number of hydrogen-bond acceptors (Lipinski definition) is 3. The summed E-state index contributed by atoms with van der Waals surface area (Å²) >= 11 is 0. The molecule has 21 heavy (non-hydrogen) atoms. The molecule has 0 bridgehead atoms. The summed E-state index contributed by atoms with van der Waals surface area (Å²) in [6.45, 7) is 1.93. The fraction of sp³-hybridized carbons (Fsp3) is 0.500. The van der Waals surface area contributed by atoms with E-state index in [4.69, 9.17) is 0 Å². The van der Waals surface area contributed by atoms with E-state index in [-0.39, 0.29) is 23.9 Å². The van der Waals surface area contributed by atoms with E-state index >= 15 is 0 Å². The number of aliphatic hydroxyl groups is 2. The van der Waals surface area contributed by atoms with Crippen LogP contribution in [0.2, 0.25) is 0 Å². The summed E-state index contributed by atoms with van der Waals surface area (Å²) < 4.78 is 0. The van der Waals surface area contributed by atoms with Crippen molar-refractivity contribution in [2.45, 2.75) is 45.1 Å². The van der Waals surface area contributed by atoms with Crippen LogP contribution in [-0.4, -0.2) is 22.1 Å². The summed E-state index contributed by atoms with van der Waals surface area (Å²) in [5.74, 6) is -0.378. The molecule has 2 rings (SSSR count). The summed E-state index contributed by atoms with van der Waals surface area (Å²) in [4.78, 5) is 11.7. The highest BCUT2D eigenvalue weighted by Crippen LogP contribution is 2.35. The lowest BCUT2D eigenvalue weighted by atomic mass is 9.89. The molecule has 0 unspecified atom stereocenters. The second-order valence-electron chi connectivity index (χ2n) is 5.79. The van der Waals surface area contributed by atoms with Crippen LogP contribution in [0.5, 0.6) is 0 Å². The van der Waals surface area contributed by atoms with Crippen molar-refractivity contribution in [1.29, 1.82) is 0 Å². The number of Topliss-reactive ketones (excluding diaryl/α,β-unsaturated/α-hetero) is 1. The number of allylic oxidation sites excluding steroid dienone is 1. The van der Waals surface area contributed by atoms with Gasteiger partial charge in [0, 0.05) is 12.3 Å². The van der Waals surface area contributed by atoms with Gasteiger partial charge in [-0.25, -0.2) is 0 Å². The summed E-state index contributed by atoms with van der Waals surface area (Å²) in [5, 5.41) is 20.1. The molecule has 0 saturated heterocycles. The summed E-state index contributed by atoms with van der Waals surface area (Å²) in [6, 6.07) is 10.2. The molecule has 1 aliphatic rings. The van der Waals surface area contributed by atoms with Gasteiger partial charge in [0.05, 0.1) is 17.8 Å². The zero-order valence-corrected chi connectivity index (χ0v) is 12.5. The second-order valence-corrected chi connectivity index (χ2v) is 5.79. The molecule has 3 heteroatoms. The first-order valence-electron chi connectivity index (χ1n) is 7.77. The van der Waals surface area contributed by atoms with Crippen LogP contribution in [0.1, 0.15) is 38.2 Å².